The maximum Gasteiger partial charge on any atom is 0.188 e. The molecular formula is C10H22N4. The van der Waals surface area contributed by atoms with Gasteiger partial charge in [-0.3, -0.25) is 4.99 Å². The number of nitrogens with one attached hydrogen (secondary N) is 1. The quantitative estimate of drug-likeness (QED) is 0.510. The van der Waals surface area contributed by atoms with Crippen LogP contribution >= 0.6 is 0 Å². The smallest absolute Gasteiger partial charge is 0.188 e. The predicted octanol–water partition coefficient (Wildman–Crippen LogP) is 0.395. The van der Waals surface area contributed by atoms with Crippen molar-refractivity contribution < 1.29 is 0 Å². The Balaban J connectivity index is 2.31. The Kier molecular flexibility index (Phi) is 4.73. The van der Waals surface area contributed by atoms with Crippen molar-refractivity contribution in [3.63, 3.8) is 0 Å². The lowest BCUT2D eigenvalue weighted by Crippen LogP contribution is -2.40. The number of piperidine rings is 1. The van der Waals surface area contributed by atoms with E-state index in [0.717, 1.165) is 13.1 Å². The second-order valence-corrected chi connectivity index (χ2v) is 3.89. The highest BCUT2D eigenvalue weighted by atomic mass is 15.2. The van der Waals surface area contributed by atoms with Gasteiger partial charge in [0.05, 0.1) is 6.54 Å². The van der Waals surface area contributed by atoms with Gasteiger partial charge in [0.1, 0.15) is 0 Å². The normalized spacial score (nSPS) is 25.0. The van der Waals surface area contributed by atoms with Crippen molar-refractivity contribution in [2.24, 2.45) is 10.7 Å². The molecular weight excluding hydrogens is 176 g/mol. The molecule has 14 heavy (non-hydrogen) atoms. The van der Waals surface area contributed by atoms with Gasteiger partial charge in [-0.15, -0.1) is 0 Å². The van der Waals surface area contributed by atoms with Crippen LogP contribution in [0.15, 0.2) is 4.99 Å². The Morgan fingerprint density at radius 2 is 2.36 bits per heavy atom. The van der Waals surface area contributed by atoms with Crippen LogP contribution in [-0.2, 0) is 0 Å². The maximum atomic E-state index is 5.67. The number of likely N-dealkylation sites (N-methyl/N-ethyl adjacent to an activating group) is 1. The fourth-order valence-corrected chi connectivity index (χ4v) is 1.82. The molecule has 0 amide bonds. The minimum atomic E-state index is 0.575. The lowest BCUT2D eigenvalue weighted by Gasteiger charge is -2.31. The molecule has 0 saturated carbocycles. The van der Waals surface area contributed by atoms with E-state index in [1.807, 2.05) is 6.92 Å². The molecule has 0 bridgehead atoms. The summed E-state index contributed by atoms with van der Waals surface area (Å²) in [6.07, 6.45) is 3.89. The zero-order valence-electron chi connectivity index (χ0n) is 9.29. The molecule has 0 aromatic rings. The van der Waals surface area contributed by atoms with Crippen molar-refractivity contribution in [1.82, 2.24) is 10.2 Å². The summed E-state index contributed by atoms with van der Waals surface area (Å²) in [5.41, 5.74) is 5.67. The summed E-state index contributed by atoms with van der Waals surface area (Å²) in [5, 5.41) is 3.01. The van der Waals surface area contributed by atoms with Crippen LogP contribution in [-0.4, -0.2) is 43.6 Å². The largest absolute Gasteiger partial charge is 0.370 e. The third kappa shape index (κ3) is 3.54. The lowest BCUT2D eigenvalue weighted by molar-refractivity contribution is 0.191. The van der Waals surface area contributed by atoms with Crippen molar-refractivity contribution in [3.05, 3.63) is 0 Å². The first-order chi connectivity index (χ1) is 6.74. The number of hydrogen-bond acceptors (Lipinski definition) is 2. The van der Waals surface area contributed by atoms with Gasteiger partial charge in [0, 0.05) is 12.6 Å². The second-order valence-electron chi connectivity index (χ2n) is 3.89. The molecule has 1 unspecified atom stereocenters. The van der Waals surface area contributed by atoms with Crippen LogP contribution in [0.1, 0.15) is 26.2 Å². The molecule has 1 heterocycles. The molecule has 0 aromatic heterocycles. The molecule has 4 heteroatoms. The van der Waals surface area contributed by atoms with E-state index in [1.165, 1.54) is 25.8 Å². The van der Waals surface area contributed by atoms with Gasteiger partial charge in [-0.25, -0.2) is 0 Å². The first-order valence-electron chi connectivity index (χ1n) is 5.48. The fraction of sp³-hybridized carbons (Fsp3) is 0.900. The minimum Gasteiger partial charge on any atom is -0.370 e. The molecule has 1 rings (SSSR count). The number of aliphatic imine (C=N–C) groups is 1. The van der Waals surface area contributed by atoms with Crippen molar-refractivity contribution in [2.75, 3.05) is 26.7 Å². The Morgan fingerprint density at radius 3 is 3.00 bits per heavy atom. The second kappa shape index (κ2) is 5.86. The molecule has 1 saturated heterocycles. The van der Waals surface area contributed by atoms with Gasteiger partial charge in [0.25, 0.3) is 0 Å². The number of likely N-dealkylation sites (tertiary alicyclic amines) is 1. The van der Waals surface area contributed by atoms with Gasteiger partial charge < -0.3 is 16.0 Å². The van der Waals surface area contributed by atoms with E-state index in [2.05, 4.69) is 22.3 Å². The summed E-state index contributed by atoms with van der Waals surface area (Å²) in [7, 11) is 2.17. The summed E-state index contributed by atoms with van der Waals surface area (Å²) < 4.78 is 0. The van der Waals surface area contributed by atoms with E-state index in [-0.39, 0.29) is 0 Å². The van der Waals surface area contributed by atoms with Crippen molar-refractivity contribution in [2.45, 2.75) is 32.2 Å². The third-order valence-corrected chi connectivity index (χ3v) is 2.75. The van der Waals surface area contributed by atoms with Gasteiger partial charge in [0.2, 0.25) is 0 Å². The number of rotatable bonds is 3. The average Bonchev–Trinajstić information content (AvgIpc) is 2.17. The Morgan fingerprint density at radius 1 is 1.57 bits per heavy atom. The summed E-state index contributed by atoms with van der Waals surface area (Å²) in [5.74, 6) is 0.575. The molecule has 1 atom stereocenters. The molecule has 82 valence electrons. The van der Waals surface area contributed by atoms with Crippen LogP contribution < -0.4 is 11.1 Å². The van der Waals surface area contributed by atoms with E-state index in [4.69, 9.17) is 5.73 Å². The van der Waals surface area contributed by atoms with Crippen molar-refractivity contribution in [3.8, 4) is 0 Å². The fourth-order valence-electron chi connectivity index (χ4n) is 1.82. The Labute approximate surface area is 86.6 Å². The van der Waals surface area contributed by atoms with E-state index in [9.17, 15) is 0 Å². The van der Waals surface area contributed by atoms with Gasteiger partial charge in [0.15, 0.2) is 5.96 Å². The number of nitrogens with two attached hydrogens (primary N) is 1. The molecule has 0 aliphatic carbocycles. The van der Waals surface area contributed by atoms with Crippen molar-refractivity contribution in [1.29, 1.82) is 0 Å². The highest BCUT2D eigenvalue weighted by Gasteiger charge is 2.17. The zero-order valence-corrected chi connectivity index (χ0v) is 9.29. The predicted molar refractivity (Wildman–Crippen MR) is 60.4 cm³/mol. The van der Waals surface area contributed by atoms with E-state index in [1.54, 1.807) is 0 Å². The molecule has 1 fully saturated rings. The third-order valence-electron chi connectivity index (χ3n) is 2.75. The summed E-state index contributed by atoms with van der Waals surface area (Å²) in [6.45, 7) is 4.89. The van der Waals surface area contributed by atoms with Crippen LogP contribution in [0.4, 0.5) is 0 Å². The Bertz CT molecular complexity index is 191. The molecule has 1 aliphatic rings. The number of hydrogen-bond donors (Lipinski definition) is 2. The molecule has 4 nitrogen and oxygen atoms in total. The van der Waals surface area contributed by atoms with E-state index < -0.39 is 0 Å². The van der Waals surface area contributed by atoms with Gasteiger partial charge >= 0.3 is 0 Å². The van der Waals surface area contributed by atoms with Crippen molar-refractivity contribution >= 4 is 5.96 Å². The van der Waals surface area contributed by atoms with Crippen LogP contribution in [0, 0.1) is 0 Å². The van der Waals surface area contributed by atoms with Gasteiger partial charge in [-0.2, -0.15) is 0 Å². The van der Waals surface area contributed by atoms with E-state index >= 15 is 0 Å². The monoisotopic (exact) mass is 198 g/mol. The molecule has 0 radical (unpaired) electrons. The highest BCUT2D eigenvalue weighted by molar-refractivity contribution is 5.77. The number of guanidine groups is 1. The van der Waals surface area contributed by atoms with E-state index in [0.29, 0.717) is 12.0 Å². The standard InChI is InChI=1S/C10H22N4/c1-3-12-10(11)13-8-9-6-4-5-7-14(9)2/h9H,3-8H2,1-2H3,(H3,11,12,13). The van der Waals surface area contributed by atoms with Crippen LogP contribution in [0.3, 0.4) is 0 Å². The summed E-state index contributed by atoms with van der Waals surface area (Å²) in [6, 6.07) is 0.584. The molecule has 0 aromatic carbocycles. The summed E-state index contributed by atoms with van der Waals surface area (Å²) >= 11 is 0. The summed E-state index contributed by atoms with van der Waals surface area (Å²) in [4.78, 5) is 6.71. The van der Waals surface area contributed by atoms with Gasteiger partial charge in [-0.05, 0) is 33.4 Å². The first-order valence-corrected chi connectivity index (χ1v) is 5.48. The van der Waals surface area contributed by atoms with Crippen LogP contribution in [0.25, 0.3) is 0 Å². The maximum absolute atomic E-state index is 5.67. The number of nitrogens with zero attached hydrogens (tertiary/aromatic N) is 2. The molecule has 3 N–H and O–H groups in total. The zero-order chi connectivity index (χ0) is 10.4. The van der Waals surface area contributed by atoms with Crippen LogP contribution in [0.5, 0.6) is 0 Å². The molecule has 0 spiro atoms. The van der Waals surface area contributed by atoms with Crippen LogP contribution in [0.2, 0.25) is 0 Å². The lowest BCUT2D eigenvalue weighted by atomic mass is 10.0. The SMILES string of the molecule is CCNC(N)=NCC1CCCCN1C. The first kappa shape index (κ1) is 11.3. The Hall–Kier alpha value is -0.770. The average molecular weight is 198 g/mol. The van der Waals surface area contributed by atoms with Gasteiger partial charge in [-0.1, -0.05) is 6.42 Å². The highest BCUT2D eigenvalue weighted by Crippen LogP contribution is 2.14. The topological polar surface area (TPSA) is 53.6 Å². The molecule has 1 aliphatic heterocycles. The minimum absolute atomic E-state index is 0.575.